The number of furan rings is 1. The van der Waals surface area contributed by atoms with E-state index in [9.17, 15) is 9.18 Å². The maximum Gasteiger partial charge on any atom is 0.373 e. The number of hydrogen-bond donors (Lipinski definition) is 1. The lowest BCUT2D eigenvalue weighted by atomic mass is 10.2. The van der Waals surface area contributed by atoms with Crippen molar-refractivity contribution < 1.29 is 18.3 Å². The minimum atomic E-state index is -0.544. The third kappa shape index (κ3) is 3.19. The first kappa shape index (κ1) is 14.6. The molecule has 20 heavy (non-hydrogen) atoms. The maximum absolute atomic E-state index is 13.6. The second-order valence-corrected chi connectivity index (χ2v) is 5.10. The Morgan fingerprint density at radius 2 is 2.15 bits per heavy atom. The van der Waals surface area contributed by atoms with Gasteiger partial charge in [0.15, 0.2) is 0 Å². The Kier molecular flexibility index (Phi) is 4.44. The van der Waals surface area contributed by atoms with Crippen molar-refractivity contribution in [2.75, 3.05) is 12.4 Å². The van der Waals surface area contributed by atoms with Crippen molar-refractivity contribution in [1.82, 2.24) is 0 Å². The first-order valence-electron chi connectivity index (χ1n) is 5.91. The predicted molar refractivity (Wildman–Crippen MR) is 76.2 cm³/mol. The molecule has 0 saturated carbocycles. The standard InChI is InChI=1S/C14H13BrFNO3/c1-8(12-5-6-13(20-12)14(18)19-2)17-11-7-9(15)3-4-10(11)16/h3-8,17H,1-2H3. The van der Waals surface area contributed by atoms with Gasteiger partial charge in [-0.2, -0.15) is 0 Å². The highest BCUT2D eigenvalue weighted by molar-refractivity contribution is 9.10. The second kappa shape index (κ2) is 6.09. The zero-order valence-corrected chi connectivity index (χ0v) is 12.5. The minimum absolute atomic E-state index is 0.117. The number of rotatable bonds is 4. The van der Waals surface area contributed by atoms with Gasteiger partial charge in [-0.1, -0.05) is 15.9 Å². The molecule has 6 heteroatoms. The Labute approximate surface area is 124 Å². The molecule has 0 fully saturated rings. The van der Waals surface area contributed by atoms with Gasteiger partial charge in [-0.3, -0.25) is 0 Å². The largest absolute Gasteiger partial charge is 0.463 e. The van der Waals surface area contributed by atoms with Crippen LogP contribution in [0, 0.1) is 5.82 Å². The molecule has 4 nitrogen and oxygen atoms in total. The van der Waals surface area contributed by atoms with Crippen LogP contribution >= 0.6 is 15.9 Å². The van der Waals surface area contributed by atoms with Gasteiger partial charge in [-0.15, -0.1) is 0 Å². The van der Waals surface area contributed by atoms with Crippen LogP contribution in [0.25, 0.3) is 0 Å². The zero-order valence-electron chi connectivity index (χ0n) is 10.9. The Morgan fingerprint density at radius 3 is 2.85 bits per heavy atom. The number of carbonyl (C=O) groups is 1. The van der Waals surface area contributed by atoms with Gasteiger partial charge in [-0.05, 0) is 37.3 Å². The molecule has 1 unspecified atom stereocenters. The van der Waals surface area contributed by atoms with Crippen molar-refractivity contribution in [2.45, 2.75) is 13.0 Å². The molecule has 0 amide bonds. The van der Waals surface area contributed by atoms with Crippen molar-refractivity contribution in [3.8, 4) is 0 Å². The first-order chi connectivity index (χ1) is 9.51. The monoisotopic (exact) mass is 341 g/mol. The normalized spacial score (nSPS) is 12.0. The van der Waals surface area contributed by atoms with Gasteiger partial charge < -0.3 is 14.5 Å². The fourth-order valence-electron chi connectivity index (χ4n) is 1.71. The molecule has 1 heterocycles. The lowest BCUT2D eigenvalue weighted by Gasteiger charge is -2.13. The van der Waals surface area contributed by atoms with Crippen LogP contribution in [0.4, 0.5) is 10.1 Å². The van der Waals surface area contributed by atoms with E-state index in [0.29, 0.717) is 11.4 Å². The molecule has 0 aliphatic carbocycles. The van der Waals surface area contributed by atoms with E-state index in [1.54, 1.807) is 25.1 Å². The molecule has 2 rings (SSSR count). The van der Waals surface area contributed by atoms with Crippen LogP contribution in [0.5, 0.6) is 0 Å². The van der Waals surface area contributed by atoms with E-state index < -0.39 is 5.97 Å². The molecular weight excluding hydrogens is 329 g/mol. The first-order valence-corrected chi connectivity index (χ1v) is 6.70. The number of halogens is 2. The van der Waals surface area contributed by atoms with Gasteiger partial charge in [0.1, 0.15) is 11.6 Å². The van der Waals surface area contributed by atoms with Gasteiger partial charge in [0, 0.05) is 4.47 Å². The van der Waals surface area contributed by atoms with Gasteiger partial charge in [0.25, 0.3) is 0 Å². The molecule has 1 N–H and O–H groups in total. The van der Waals surface area contributed by atoms with Crippen LogP contribution in [0.3, 0.4) is 0 Å². The van der Waals surface area contributed by atoms with Crippen molar-refractivity contribution >= 4 is 27.6 Å². The highest BCUT2D eigenvalue weighted by Gasteiger charge is 2.16. The molecule has 1 atom stereocenters. The third-order valence-electron chi connectivity index (χ3n) is 2.74. The molecule has 1 aromatic carbocycles. The van der Waals surface area contributed by atoms with Crippen LogP contribution in [0.2, 0.25) is 0 Å². The molecule has 0 aliphatic rings. The van der Waals surface area contributed by atoms with Crippen LogP contribution in [0.15, 0.2) is 39.2 Å². The summed E-state index contributed by atoms with van der Waals surface area (Å²) in [7, 11) is 1.28. The quantitative estimate of drug-likeness (QED) is 0.849. The van der Waals surface area contributed by atoms with Gasteiger partial charge in [-0.25, -0.2) is 9.18 Å². The summed E-state index contributed by atoms with van der Waals surface area (Å²) in [6, 6.07) is 7.50. The van der Waals surface area contributed by atoms with Crippen molar-refractivity contribution in [1.29, 1.82) is 0 Å². The number of ether oxygens (including phenoxy) is 1. The third-order valence-corrected chi connectivity index (χ3v) is 3.23. The SMILES string of the molecule is COC(=O)c1ccc(C(C)Nc2cc(Br)ccc2F)o1. The Morgan fingerprint density at radius 1 is 1.40 bits per heavy atom. The summed E-state index contributed by atoms with van der Waals surface area (Å²) in [5, 5.41) is 2.99. The lowest BCUT2D eigenvalue weighted by Crippen LogP contribution is -2.07. The summed E-state index contributed by atoms with van der Waals surface area (Å²) in [5.74, 6) is -0.271. The van der Waals surface area contributed by atoms with Crippen molar-refractivity contribution in [3.63, 3.8) is 0 Å². The van der Waals surface area contributed by atoms with E-state index in [0.717, 1.165) is 4.47 Å². The number of esters is 1. The summed E-state index contributed by atoms with van der Waals surface area (Å²) >= 11 is 3.28. The van der Waals surface area contributed by atoms with E-state index in [1.165, 1.54) is 19.2 Å². The molecule has 0 bridgehead atoms. The second-order valence-electron chi connectivity index (χ2n) is 4.18. The fourth-order valence-corrected chi connectivity index (χ4v) is 2.07. The van der Waals surface area contributed by atoms with E-state index in [4.69, 9.17) is 4.42 Å². The number of hydrogen-bond acceptors (Lipinski definition) is 4. The summed E-state index contributed by atoms with van der Waals surface area (Å²) in [6.45, 7) is 1.81. The fraction of sp³-hybridized carbons (Fsp3) is 0.214. The zero-order chi connectivity index (χ0) is 14.7. The van der Waals surface area contributed by atoms with Crippen LogP contribution in [-0.4, -0.2) is 13.1 Å². The predicted octanol–water partition coefficient (Wildman–Crippen LogP) is 4.14. The Balaban J connectivity index is 2.15. The van der Waals surface area contributed by atoms with E-state index in [1.807, 2.05) is 0 Å². The molecule has 0 radical (unpaired) electrons. The number of anilines is 1. The summed E-state index contributed by atoms with van der Waals surface area (Å²) < 4.78 is 24.3. The topological polar surface area (TPSA) is 51.5 Å². The number of methoxy groups -OCH3 is 1. The average Bonchev–Trinajstić information content (AvgIpc) is 2.91. The van der Waals surface area contributed by atoms with E-state index in [2.05, 4.69) is 26.0 Å². The number of carbonyl (C=O) groups excluding carboxylic acids is 1. The van der Waals surface area contributed by atoms with Gasteiger partial charge in [0.2, 0.25) is 5.76 Å². The molecule has 0 aliphatic heterocycles. The number of nitrogens with one attached hydrogen (secondary N) is 1. The van der Waals surface area contributed by atoms with Gasteiger partial charge >= 0.3 is 5.97 Å². The van der Waals surface area contributed by atoms with Crippen LogP contribution < -0.4 is 5.32 Å². The maximum atomic E-state index is 13.6. The smallest absolute Gasteiger partial charge is 0.373 e. The van der Waals surface area contributed by atoms with Crippen molar-refractivity contribution in [2.24, 2.45) is 0 Å². The van der Waals surface area contributed by atoms with Gasteiger partial charge in [0.05, 0.1) is 18.8 Å². The van der Waals surface area contributed by atoms with Crippen LogP contribution in [-0.2, 0) is 4.74 Å². The van der Waals surface area contributed by atoms with E-state index >= 15 is 0 Å². The molecule has 0 saturated heterocycles. The highest BCUT2D eigenvalue weighted by Crippen LogP contribution is 2.26. The molecule has 106 valence electrons. The lowest BCUT2D eigenvalue weighted by molar-refractivity contribution is 0.0562. The summed E-state index contributed by atoms with van der Waals surface area (Å²) in [4.78, 5) is 11.3. The van der Waals surface area contributed by atoms with Crippen molar-refractivity contribution in [3.05, 3.63) is 52.1 Å². The molecule has 0 spiro atoms. The number of benzene rings is 1. The van der Waals surface area contributed by atoms with E-state index in [-0.39, 0.29) is 17.6 Å². The average molecular weight is 342 g/mol. The van der Waals surface area contributed by atoms with Crippen LogP contribution in [0.1, 0.15) is 29.3 Å². The highest BCUT2D eigenvalue weighted by atomic mass is 79.9. The minimum Gasteiger partial charge on any atom is -0.463 e. The summed E-state index contributed by atoms with van der Waals surface area (Å²) in [5.41, 5.74) is 0.350. The molecule has 2 aromatic rings. The Hall–Kier alpha value is -1.82. The summed E-state index contributed by atoms with van der Waals surface area (Å²) in [6.07, 6.45) is 0. The Bertz CT molecular complexity index is 627. The molecule has 1 aromatic heterocycles. The molecular formula is C14H13BrFNO3.